The van der Waals surface area contributed by atoms with Crippen LogP contribution in [0.3, 0.4) is 0 Å². The third-order valence-electron chi connectivity index (χ3n) is 3.24. The molecular formula is C13H19BrN2. The zero-order valence-corrected chi connectivity index (χ0v) is 11.3. The van der Waals surface area contributed by atoms with E-state index in [2.05, 4.69) is 40.3 Å². The van der Waals surface area contributed by atoms with Gasteiger partial charge in [0, 0.05) is 10.5 Å². The van der Waals surface area contributed by atoms with Crippen LogP contribution in [-0.2, 0) is 0 Å². The van der Waals surface area contributed by atoms with Crippen molar-refractivity contribution < 1.29 is 0 Å². The maximum absolute atomic E-state index is 6.06. The lowest BCUT2D eigenvalue weighted by molar-refractivity contribution is 0.463. The monoisotopic (exact) mass is 282 g/mol. The van der Waals surface area contributed by atoms with E-state index < -0.39 is 0 Å². The summed E-state index contributed by atoms with van der Waals surface area (Å²) in [5, 5.41) is 3.58. The smallest absolute Gasteiger partial charge is 0.0694 e. The summed E-state index contributed by atoms with van der Waals surface area (Å²) in [6.45, 7) is 2.09. The molecule has 2 nitrogen and oxygen atoms in total. The topological polar surface area (TPSA) is 38.0 Å². The van der Waals surface area contributed by atoms with E-state index in [1.54, 1.807) is 0 Å². The summed E-state index contributed by atoms with van der Waals surface area (Å²) in [5.41, 5.74) is 9.21. The highest BCUT2D eigenvalue weighted by molar-refractivity contribution is 9.10. The highest BCUT2D eigenvalue weighted by Gasteiger charge is 2.14. The number of hydrogen-bond donors (Lipinski definition) is 2. The van der Waals surface area contributed by atoms with Crippen LogP contribution in [0, 0.1) is 6.92 Å². The number of benzene rings is 1. The van der Waals surface area contributed by atoms with Gasteiger partial charge in [0.2, 0.25) is 0 Å². The molecule has 0 amide bonds. The summed E-state index contributed by atoms with van der Waals surface area (Å²) < 4.78 is 0.991. The molecule has 88 valence electrons. The van der Waals surface area contributed by atoms with E-state index in [1.165, 1.54) is 37.7 Å². The predicted molar refractivity (Wildman–Crippen MR) is 73.8 cm³/mol. The third kappa shape index (κ3) is 2.70. The van der Waals surface area contributed by atoms with E-state index >= 15 is 0 Å². The van der Waals surface area contributed by atoms with Crippen LogP contribution in [0.2, 0.25) is 0 Å². The first-order valence-corrected chi connectivity index (χ1v) is 6.78. The number of nitrogen functional groups attached to an aromatic ring is 1. The number of rotatable bonds is 2. The molecule has 3 N–H and O–H groups in total. The summed E-state index contributed by atoms with van der Waals surface area (Å²) in [6.07, 6.45) is 6.59. The van der Waals surface area contributed by atoms with Crippen LogP contribution in [0.25, 0.3) is 0 Å². The van der Waals surface area contributed by atoms with Crippen molar-refractivity contribution in [2.24, 2.45) is 0 Å². The first-order valence-electron chi connectivity index (χ1n) is 5.99. The molecule has 16 heavy (non-hydrogen) atoms. The second-order valence-corrected chi connectivity index (χ2v) is 5.54. The SMILES string of the molecule is Cc1cc(Br)c(N)c(NC2CCCCC2)c1. The molecule has 0 saturated heterocycles. The Hall–Kier alpha value is -0.700. The van der Waals surface area contributed by atoms with Crippen molar-refractivity contribution in [3.05, 3.63) is 22.2 Å². The van der Waals surface area contributed by atoms with Gasteiger partial charge in [-0.15, -0.1) is 0 Å². The fraction of sp³-hybridized carbons (Fsp3) is 0.538. The molecule has 0 aromatic heterocycles. The first-order chi connectivity index (χ1) is 7.66. The zero-order valence-electron chi connectivity index (χ0n) is 9.72. The Balaban J connectivity index is 2.13. The van der Waals surface area contributed by atoms with Gasteiger partial charge in [0.1, 0.15) is 0 Å². The fourth-order valence-electron chi connectivity index (χ4n) is 2.34. The van der Waals surface area contributed by atoms with Gasteiger partial charge in [-0.05, 0) is 53.4 Å². The van der Waals surface area contributed by atoms with Gasteiger partial charge >= 0.3 is 0 Å². The molecule has 0 radical (unpaired) electrons. The average molecular weight is 283 g/mol. The van der Waals surface area contributed by atoms with Gasteiger partial charge in [0.25, 0.3) is 0 Å². The standard InChI is InChI=1S/C13H19BrN2/c1-9-7-11(14)13(15)12(8-9)16-10-5-3-2-4-6-10/h7-8,10,16H,2-6,15H2,1H3. The second-order valence-electron chi connectivity index (χ2n) is 4.69. The fourth-order valence-corrected chi connectivity index (χ4v) is 2.91. The van der Waals surface area contributed by atoms with E-state index in [-0.39, 0.29) is 0 Å². The maximum atomic E-state index is 6.06. The van der Waals surface area contributed by atoms with Crippen molar-refractivity contribution in [1.82, 2.24) is 0 Å². The molecule has 1 aromatic carbocycles. The van der Waals surface area contributed by atoms with Crippen molar-refractivity contribution in [2.75, 3.05) is 11.1 Å². The average Bonchev–Trinajstić information content (AvgIpc) is 2.27. The quantitative estimate of drug-likeness (QED) is 0.802. The minimum Gasteiger partial charge on any atom is -0.396 e. The van der Waals surface area contributed by atoms with Gasteiger partial charge < -0.3 is 11.1 Å². The van der Waals surface area contributed by atoms with E-state index in [0.717, 1.165) is 15.8 Å². The number of hydrogen-bond acceptors (Lipinski definition) is 2. The van der Waals surface area contributed by atoms with Crippen molar-refractivity contribution in [3.63, 3.8) is 0 Å². The summed E-state index contributed by atoms with van der Waals surface area (Å²) in [7, 11) is 0. The molecule has 0 bridgehead atoms. The number of anilines is 2. The minimum atomic E-state index is 0.602. The van der Waals surface area contributed by atoms with Crippen LogP contribution < -0.4 is 11.1 Å². The van der Waals surface area contributed by atoms with Gasteiger partial charge in [-0.2, -0.15) is 0 Å². The lowest BCUT2D eigenvalue weighted by Crippen LogP contribution is -2.22. The number of nitrogens with two attached hydrogens (primary N) is 1. The van der Waals surface area contributed by atoms with Crippen LogP contribution in [0.15, 0.2) is 16.6 Å². The number of halogens is 1. The lowest BCUT2D eigenvalue weighted by atomic mass is 9.95. The van der Waals surface area contributed by atoms with Gasteiger partial charge in [0.15, 0.2) is 0 Å². The number of nitrogens with one attached hydrogen (secondary N) is 1. The van der Waals surface area contributed by atoms with Crippen LogP contribution in [0.5, 0.6) is 0 Å². The van der Waals surface area contributed by atoms with Gasteiger partial charge in [-0.1, -0.05) is 19.3 Å². The Bertz CT molecular complexity index is 370. The summed E-state index contributed by atoms with van der Waals surface area (Å²) in [6, 6.07) is 4.79. The molecule has 3 heteroatoms. The third-order valence-corrected chi connectivity index (χ3v) is 3.89. The second kappa shape index (κ2) is 5.09. The molecule has 2 rings (SSSR count). The van der Waals surface area contributed by atoms with Gasteiger partial charge in [-0.25, -0.2) is 0 Å². The van der Waals surface area contributed by atoms with Crippen molar-refractivity contribution in [3.8, 4) is 0 Å². The Morgan fingerprint density at radius 1 is 1.25 bits per heavy atom. The van der Waals surface area contributed by atoms with Crippen LogP contribution in [-0.4, -0.2) is 6.04 Å². The largest absolute Gasteiger partial charge is 0.396 e. The first kappa shape index (κ1) is 11.8. The lowest BCUT2D eigenvalue weighted by Gasteiger charge is -2.25. The predicted octanol–water partition coefficient (Wildman–Crippen LogP) is 4.08. The Kier molecular flexibility index (Phi) is 3.74. The van der Waals surface area contributed by atoms with E-state index in [1.807, 2.05) is 0 Å². The normalized spacial score (nSPS) is 17.4. The highest BCUT2D eigenvalue weighted by atomic mass is 79.9. The van der Waals surface area contributed by atoms with Crippen molar-refractivity contribution in [1.29, 1.82) is 0 Å². The maximum Gasteiger partial charge on any atom is 0.0694 e. The minimum absolute atomic E-state index is 0.602. The number of aryl methyl sites for hydroxylation is 1. The summed E-state index contributed by atoms with van der Waals surface area (Å²) in [5.74, 6) is 0. The van der Waals surface area contributed by atoms with E-state index in [0.29, 0.717) is 6.04 Å². The Labute approximate surface area is 106 Å². The van der Waals surface area contributed by atoms with Gasteiger partial charge in [0.05, 0.1) is 11.4 Å². The molecule has 0 unspecified atom stereocenters. The summed E-state index contributed by atoms with van der Waals surface area (Å²) >= 11 is 3.50. The van der Waals surface area contributed by atoms with Gasteiger partial charge in [-0.3, -0.25) is 0 Å². The van der Waals surface area contributed by atoms with Crippen LogP contribution in [0.1, 0.15) is 37.7 Å². The molecule has 1 aromatic rings. The molecule has 1 aliphatic carbocycles. The zero-order chi connectivity index (χ0) is 11.5. The molecular weight excluding hydrogens is 264 g/mol. The molecule has 0 heterocycles. The molecule has 0 spiro atoms. The highest BCUT2D eigenvalue weighted by Crippen LogP contribution is 2.31. The Morgan fingerprint density at radius 2 is 1.94 bits per heavy atom. The molecule has 0 aliphatic heterocycles. The summed E-state index contributed by atoms with van der Waals surface area (Å²) in [4.78, 5) is 0. The molecule has 1 aliphatic rings. The molecule has 0 atom stereocenters. The van der Waals surface area contributed by atoms with Crippen LogP contribution >= 0.6 is 15.9 Å². The van der Waals surface area contributed by atoms with Crippen LogP contribution in [0.4, 0.5) is 11.4 Å². The van der Waals surface area contributed by atoms with E-state index in [9.17, 15) is 0 Å². The molecule has 1 fully saturated rings. The Morgan fingerprint density at radius 3 is 2.62 bits per heavy atom. The van der Waals surface area contributed by atoms with Crippen molar-refractivity contribution in [2.45, 2.75) is 45.1 Å². The van der Waals surface area contributed by atoms with E-state index in [4.69, 9.17) is 5.73 Å². The molecule has 1 saturated carbocycles. The van der Waals surface area contributed by atoms with Crippen molar-refractivity contribution >= 4 is 27.3 Å².